The third-order valence-corrected chi connectivity index (χ3v) is 7.10. The molecule has 10 nitrogen and oxygen atoms in total. The number of carbonyl (C=O) groups excluding carboxylic acids is 1. The van der Waals surface area contributed by atoms with Gasteiger partial charge in [0, 0.05) is 55.2 Å². The van der Waals surface area contributed by atoms with Crippen LogP contribution in [0.15, 0.2) is 44.3 Å². The second-order valence-corrected chi connectivity index (χ2v) is 9.34. The van der Waals surface area contributed by atoms with E-state index in [1.165, 1.54) is 12.1 Å². The predicted molar refractivity (Wildman–Crippen MR) is 128 cm³/mol. The number of methoxy groups -OCH3 is 1. The molecule has 1 aromatic carbocycles. The molecule has 0 unspecified atom stereocenters. The van der Waals surface area contributed by atoms with Gasteiger partial charge in [-0.3, -0.25) is 14.8 Å². The van der Waals surface area contributed by atoms with Gasteiger partial charge in [0.25, 0.3) is 5.56 Å². The van der Waals surface area contributed by atoms with E-state index in [4.69, 9.17) is 9.15 Å². The molecule has 2 aliphatic heterocycles. The number of hydrogen-bond donors (Lipinski definition) is 1. The van der Waals surface area contributed by atoms with Gasteiger partial charge in [0.05, 0.1) is 7.11 Å². The molecule has 2 bridgehead atoms. The number of pyridine rings is 1. The summed E-state index contributed by atoms with van der Waals surface area (Å²) in [6.07, 6.45) is 1.63. The average Bonchev–Trinajstić information content (AvgIpc) is 2.82. The van der Waals surface area contributed by atoms with E-state index in [2.05, 4.69) is 0 Å². The first kappa shape index (κ1) is 23.1. The molecule has 2 aliphatic rings. The highest BCUT2D eigenvalue weighted by atomic mass is 16.8. The molecule has 1 fully saturated rings. The zero-order chi connectivity index (χ0) is 24.9. The minimum atomic E-state index is -0.510. The lowest BCUT2D eigenvalue weighted by molar-refractivity contribution is -0.133. The summed E-state index contributed by atoms with van der Waals surface area (Å²) in [6, 6.07) is 8.06. The van der Waals surface area contributed by atoms with Crippen LogP contribution in [0.3, 0.4) is 0 Å². The van der Waals surface area contributed by atoms with Gasteiger partial charge in [-0.15, -0.1) is 0 Å². The second kappa shape index (κ2) is 8.86. The van der Waals surface area contributed by atoms with E-state index in [0.717, 1.165) is 28.6 Å². The molecular weight excluding hydrogens is 454 g/mol. The molecule has 0 spiro atoms. The van der Waals surface area contributed by atoms with Crippen LogP contribution in [-0.2, 0) is 17.8 Å². The Kier molecular flexibility index (Phi) is 5.86. The number of likely N-dealkylation sites (tertiary alicyclic amines) is 1. The number of aryl methyl sites for hydroxylation is 2. The molecule has 4 heterocycles. The predicted octanol–water partition coefficient (Wildman–Crippen LogP) is 2.54. The van der Waals surface area contributed by atoms with Crippen molar-refractivity contribution >= 4 is 22.6 Å². The molecule has 1 N–H and O–H groups in total. The number of carbonyl (C=O) groups is 1. The Labute approximate surface area is 200 Å². The van der Waals surface area contributed by atoms with Crippen LogP contribution >= 0.6 is 0 Å². The largest absolute Gasteiger partial charge is 0.733 e. The number of rotatable bonds is 5. The molecule has 0 saturated carbocycles. The third-order valence-electron chi connectivity index (χ3n) is 7.10. The Balaban J connectivity index is 1.33. The number of hydrogen-bond acceptors (Lipinski definition) is 8. The molecule has 5 rings (SSSR count). The SMILES string of the molecule is COc1cc2oc(=O)cc(C)c2cc1CCC(=O)N1C[C@@H]2C[C@H](C1)c1ccc(N([O-])O)c(=O)n1C2. The first-order valence-electron chi connectivity index (χ1n) is 11.5. The van der Waals surface area contributed by atoms with Crippen molar-refractivity contribution in [1.82, 2.24) is 9.47 Å². The lowest BCUT2D eigenvalue weighted by atomic mass is 9.83. The van der Waals surface area contributed by atoms with Crippen molar-refractivity contribution in [2.75, 3.05) is 25.4 Å². The third kappa shape index (κ3) is 4.19. The van der Waals surface area contributed by atoms with Crippen molar-refractivity contribution < 1.29 is 19.2 Å². The summed E-state index contributed by atoms with van der Waals surface area (Å²) in [7, 11) is 1.54. The van der Waals surface area contributed by atoms with Crippen molar-refractivity contribution in [1.29, 1.82) is 0 Å². The second-order valence-electron chi connectivity index (χ2n) is 9.34. The molecule has 2 atom stereocenters. The van der Waals surface area contributed by atoms with E-state index >= 15 is 0 Å². The van der Waals surface area contributed by atoms with Crippen LogP contribution in [0.1, 0.15) is 35.6 Å². The van der Waals surface area contributed by atoms with Gasteiger partial charge in [-0.1, -0.05) is 0 Å². The Morgan fingerprint density at radius 3 is 2.77 bits per heavy atom. The Hall–Kier alpha value is -3.63. The van der Waals surface area contributed by atoms with Crippen molar-refractivity contribution in [2.24, 2.45) is 5.92 Å². The summed E-state index contributed by atoms with van der Waals surface area (Å²) < 4.78 is 12.3. The number of anilines is 1. The zero-order valence-corrected chi connectivity index (χ0v) is 19.5. The van der Waals surface area contributed by atoms with E-state index in [-0.39, 0.29) is 23.4 Å². The fraction of sp³-hybridized carbons (Fsp3) is 0.400. The van der Waals surface area contributed by atoms with Crippen LogP contribution in [0.4, 0.5) is 5.69 Å². The maximum atomic E-state index is 13.2. The number of nitrogens with zero attached hydrogens (tertiary/aromatic N) is 3. The van der Waals surface area contributed by atoms with E-state index < -0.39 is 16.4 Å². The van der Waals surface area contributed by atoms with Crippen molar-refractivity contribution in [3.05, 3.63) is 73.1 Å². The van der Waals surface area contributed by atoms with Crippen molar-refractivity contribution in [2.45, 2.75) is 38.6 Å². The van der Waals surface area contributed by atoms with E-state index in [0.29, 0.717) is 43.8 Å². The van der Waals surface area contributed by atoms with Crippen LogP contribution in [0.25, 0.3) is 11.0 Å². The number of benzene rings is 1. The lowest BCUT2D eigenvalue weighted by Gasteiger charge is -2.43. The Morgan fingerprint density at radius 2 is 2.03 bits per heavy atom. The van der Waals surface area contributed by atoms with Gasteiger partial charge in [-0.25, -0.2) is 4.79 Å². The summed E-state index contributed by atoms with van der Waals surface area (Å²) in [4.78, 5) is 39.3. The monoisotopic (exact) mass is 480 g/mol. The summed E-state index contributed by atoms with van der Waals surface area (Å²) in [6.45, 7) is 3.27. The van der Waals surface area contributed by atoms with Crippen LogP contribution in [-0.4, -0.2) is 40.8 Å². The highest BCUT2D eigenvalue weighted by Crippen LogP contribution is 2.36. The number of fused-ring (bicyclic) bond motifs is 5. The normalized spacial score (nSPS) is 18.9. The molecule has 184 valence electrons. The minimum Gasteiger partial charge on any atom is -0.733 e. The van der Waals surface area contributed by atoms with Gasteiger partial charge in [0.1, 0.15) is 17.0 Å². The van der Waals surface area contributed by atoms with Gasteiger partial charge in [0.2, 0.25) is 5.91 Å². The first-order chi connectivity index (χ1) is 16.7. The Bertz CT molecular complexity index is 1430. The summed E-state index contributed by atoms with van der Waals surface area (Å²) in [5.41, 5.74) is 1.65. The van der Waals surface area contributed by atoms with Gasteiger partial charge in [-0.2, -0.15) is 0 Å². The fourth-order valence-electron chi connectivity index (χ4n) is 5.46. The number of ether oxygens (including phenoxy) is 1. The number of piperidine rings is 1. The molecule has 35 heavy (non-hydrogen) atoms. The van der Waals surface area contributed by atoms with Crippen LogP contribution in [0.5, 0.6) is 5.75 Å². The van der Waals surface area contributed by atoms with E-state index in [1.807, 2.05) is 17.9 Å². The molecule has 3 aromatic rings. The summed E-state index contributed by atoms with van der Waals surface area (Å²) in [5.74, 6) is 0.673. The molecule has 0 aliphatic carbocycles. The topological polar surface area (TPSA) is 128 Å². The summed E-state index contributed by atoms with van der Waals surface area (Å²) in [5, 5.41) is 20.9. The standard InChI is InChI=1S/C25H26N3O7/c1-14-7-24(30)35-22-10-21(34-2)16(9-18(14)22)3-6-23(29)26-11-15-8-17(13-26)19-4-5-20(28(32)33)25(31)27(19)12-15/h4-5,7,9-10,15,17,32H,3,6,8,11-13H2,1-2H3/q-1/t15-,17+/m0/s1. The van der Waals surface area contributed by atoms with Crippen LogP contribution < -0.4 is 21.1 Å². The smallest absolute Gasteiger partial charge is 0.336 e. The average molecular weight is 480 g/mol. The molecule has 2 aromatic heterocycles. The van der Waals surface area contributed by atoms with Gasteiger partial charge >= 0.3 is 5.63 Å². The van der Waals surface area contributed by atoms with Gasteiger partial charge in [0.15, 0.2) is 0 Å². The summed E-state index contributed by atoms with van der Waals surface area (Å²) >= 11 is 0. The van der Waals surface area contributed by atoms with E-state index in [9.17, 15) is 24.8 Å². The zero-order valence-electron chi connectivity index (χ0n) is 19.5. The highest BCUT2D eigenvalue weighted by molar-refractivity contribution is 5.83. The van der Waals surface area contributed by atoms with Gasteiger partial charge < -0.3 is 29.1 Å². The van der Waals surface area contributed by atoms with Crippen LogP contribution in [0.2, 0.25) is 0 Å². The molecule has 10 heteroatoms. The molecular formula is C25H26N3O7-. The molecule has 1 saturated heterocycles. The number of aromatic nitrogens is 1. The Morgan fingerprint density at radius 1 is 1.23 bits per heavy atom. The first-order valence-corrected chi connectivity index (χ1v) is 11.5. The molecule has 0 radical (unpaired) electrons. The molecule has 1 amide bonds. The van der Waals surface area contributed by atoms with Gasteiger partial charge in [-0.05, 0) is 55.0 Å². The quantitative estimate of drug-likeness (QED) is 0.436. The fourth-order valence-corrected chi connectivity index (χ4v) is 5.46. The lowest BCUT2D eigenvalue weighted by Crippen LogP contribution is -2.49. The van der Waals surface area contributed by atoms with Crippen molar-refractivity contribution in [3.63, 3.8) is 0 Å². The maximum Gasteiger partial charge on any atom is 0.336 e. The number of amides is 1. The minimum absolute atomic E-state index is 0.00671. The van der Waals surface area contributed by atoms with Crippen LogP contribution in [0, 0.1) is 18.0 Å². The highest BCUT2D eigenvalue weighted by Gasteiger charge is 2.36. The van der Waals surface area contributed by atoms with E-state index in [1.54, 1.807) is 23.8 Å². The maximum absolute atomic E-state index is 13.2. The van der Waals surface area contributed by atoms with Crippen molar-refractivity contribution in [3.8, 4) is 5.75 Å².